The van der Waals surface area contributed by atoms with Gasteiger partial charge in [0.2, 0.25) is 0 Å². The number of furan rings is 1. The number of fused-ring (bicyclic) bond motifs is 6. The Morgan fingerprint density at radius 3 is 2.06 bits per heavy atom. The largest absolute Gasteiger partial charge is 0.456 e. The molecule has 256 valence electrons. The van der Waals surface area contributed by atoms with E-state index in [1.807, 2.05) is 12.1 Å². The zero-order valence-electron chi connectivity index (χ0n) is 29.8. The Bertz CT molecular complexity index is 3030. The third kappa shape index (κ3) is 5.69. The molecule has 0 saturated heterocycles. The van der Waals surface area contributed by atoms with Crippen molar-refractivity contribution in [2.75, 3.05) is 0 Å². The number of hydrogen-bond acceptors (Lipinski definition) is 4. The Morgan fingerprint density at radius 2 is 1.19 bits per heavy atom. The summed E-state index contributed by atoms with van der Waals surface area (Å²) in [5.74, 6) is 1.85. The smallest absolute Gasteiger partial charge is 0.165 e. The second-order valence-electron chi connectivity index (χ2n) is 14.0. The van der Waals surface area contributed by atoms with Crippen LogP contribution in [-0.2, 0) is 6.42 Å². The molecule has 0 spiro atoms. The fraction of sp³-hybridized carbons (Fsp3) is 0.0600. The van der Waals surface area contributed by atoms with Crippen LogP contribution in [0, 0.1) is 6.92 Å². The average Bonchev–Trinajstić information content (AvgIpc) is 3.61. The van der Waals surface area contributed by atoms with Crippen LogP contribution < -0.4 is 0 Å². The molecule has 2 aromatic heterocycles. The first-order valence-corrected chi connectivity index (χ1v) is 18.5. The highest BCUT2D eigenvalue weighted by Gasteiger charge is 2.23. The maximum absolute atomic E-state index is 6.50. The van der Waals surface area contributed by atoms with Gasteiger partial charge >= 0.3 is 0 Å². The third-order valence-electron chi connectivity index (χ3n) is 10.5. The maximum Gasteiger partial charge on any atom is 0.165 e. The molecule has 0 amide bonds. The first kappa shape index (κ1) is 31.8. The molecule has 4 heteroatoms. The molecular formula is C50H35N3O. The molecule has 0 saturated carbocycles. The number of para-hydroxylation sites is 1. The Morgan fingerprint density at radius 1 is 0.500 bits per heavy atom. The van der Waals surface area contributed by atoms with E-state index in [4.69, 9.17) is 19.4 Å². The summed E-state index contributed by atoms with van der Waals surface area (Å²) in [6, 6.07) is 55.3. The van der Waals surface area contributed by atoms with E-state index in [0.29, 0.717) is 17.5 Å². The average molecular weight is 694 g/mol. The highest BCUT2D eigenvalue weighted by atomic mass is 16.3. The van der Waals surface area contributed by atoms with Crippen LogP contribution >= 0.6 is 0 Å². The Hall–Kier alpha value is -6.91. The Labute approximate surface area is 313 Å². The number of rotatable bonds is 4. The molecule has 0 aliphatic heterocycles. The SMILES string of the molecule is Cc1cccccc2ccccc2cc1-c1nc(-c2ccc3c(c2)CCC=C3)nc(-c2c(-c3ccc4ccccc4c3)ccc3oc4ccccc4c23)n1. The summed E-state index contributed by atoms with van der Waals surface area (Å²) in [5, 5.41) is 6.59. The molecule has 7 aromatic carbocycles. The zero-order valence-corrected chi connectivity index (χ0v) is 29.8. The number of hydrogen-bond donors (Lipinski definition) is 0. The molecular weight excluding hydrogens is 659 g/mol. The summed E-state index contributed by atoms with van der Waals surface area (Å²) in [6.45, 7) is 2.13. The minimum absolute atomic E-state index is 0.599. The first-order valence-electron chi connectivity index (χ1n) is 18.5. The van der Waals surface area contributed by atoms with E-state index in [0.717, 1.165) is 78.9 Å². The summed E-state index contributed by atoms with van der Waals surface area (Å²) in [6.07, 6.45) is 6.47. The molecule has 2 heterocycles. The minimum Gasteiger partial charge on any atom is -0.456 e. The van der Waals surface area contributed by atoms with Gasteiger partial charge in [-0.3, -0.25) is 0 Å². The number of aryl methyl sites for hydroxylation is 2. The molecule has 0 atom stereocenters. The lowest BCUT2D eigenvalue weighted by molar-refractivity contribution is 0.669. The molecule has 0 unspecified atom stereocenters. The summed E-state index contributed by atoms with van der Waals surface area (Å²) < 4.78 is 6.50. The van der Waals surface area contributed by atoms with Gasteiger partial charge in [-0.25, -0.2) is 15.0 Å². The number of aromatic nitrogens is 3. The van der Waals surface area contributed by atoms with Gasteiger partial charge in [0, 0.05) is 27.5 Å². The molecule has 1 aliphatic rings. The van der Waals surface area contributed by atoms with Gasteiger partial charge in [0.05, 0.1) is 0 Å². The predicted molar refractivity (Wildman–Crippen MR) is 224 cm³/mol. The van der Waals surface area contributed by atoms with Crippen molar-refractivity contribution < 1.29 is 4.42 Å². The molecule has 4 nitrogen and oxygen atoms in total. The standard InChI is InChI=1S/C50H35N3O/c1-32-13-3-2-4-14-33-15-5-10-20-38(33)31-43(32)49-51-48(40-26-24-35-17-7-9-19-37(35)30-40)52-50(53-49)47-41(39-25-23-34-16-6-8-18-36(34)29-39)27-28-45-46(47)42-21-11-12-22-44(42)54-45/h2-8,10-18,20-31H,9,19H2,1H3. The van der Waals surface area contributed by atoms with Crippen molar-refractivity contribution in [3.05, 3.63) is 180 Å². The molecule has 0 bridgehead atoms. The molecule has 10 rings (SSSR count). The van der Waals surface area contributed by atoms with Crippen molar-refractivity contribution in [2.45, 2.75) is 19.8 Å². The van der Waals surface area contributed by atoms with E-state index in [9.17, 15) is 0 Å². The van der Waals surface area contributed by atoms with Gasteiger partial charge in [-0.15, -0.1) is 0 Å². The van der Waals surface area contributed by atoms with Crippen LogP contribution in [0.2, 0.25) is 0 Å². The van der Waals surface area contributed by atoms with Gasteiger partial charge in [0.25, 0.3) is 0 Å². The highest BCUT2D eigenvalue weighted by molar-refractivity contribution is 6.15. The normalized spacial score (nSPS) is 12.3. The summed E-state index contributed by atoms with van der Waals surface area (Å²) >= 11 is 0. The maximum atomic E-state index is 6.50. The Balaban J connectivity index is 1.32. The lowest BCUT2D eigenvalue weighted by Crippen LogP contribution is -2.03. The first-order chi connectivity index (χ1) is 26.7. The van der Waals surface area contributed by atoms with Crippen molar-refractivity contribution in [3.8, 4) is 45.3 Å². The van der Waals surface area contributed by atoms with Gasteiger partial charge in [-0.1, -0.05) is 133 Å². The van der Waals surface area contributed by atoms with E-state index in [2.05, 4.69) is 165 Å². The summed E-state index contributed by atoms with van der Waals surface area (Å²) in [7, 11) is 0. The van der Waals surface area contributed by atoms with E-state index >= 15 is 0 Å². The fourth-order valence-corrected chi connectivity index (χ4v) is 7.77. The second-order valence-corrected chi connectivity index (χ2v) is 14.0. The van der Waals surface area contributed by atoms with Crippen molar-refractivity contribution in [3.63, 3.8) is 0 Å². The van der Waals surface area contributed by atoms with Crippen molar-refractivity contribution in [1.29, 1.82) is 0 Å². The van der Waals surface area contributed by atoms with Crippen LogP contribution in [0.4, 0.5) is 0 Å². The van der Waals surface area contributed by atoms with Crippen LogP contribution in [0.25, 0.3) is 94.8 Å². The van der Waals surface area contributed by atoms with Crippen molar-refractivity contribution in [2.24, 2.45) is 0 Å². The highest BCUT2D eigenvalue weighted by Crippen LogP contribution is 2.43. The molecule has 9 aromatic rings. The van der Waals surface area contributed by atoms with E-state index in [1.165, 1.54) is 21.9 Å². The number of allylic oxidation sites excluding steroid dienone is 1. The van der Waals surface area contributed by atoms with Gasteiger partial charge < -0.3 is 4.42 Å². The lowest BCUT2D eigenvalue weighted by Gasteiger charge is -2.15. The van der Waals surface area contributed by atoms with Crippen molar-refractivity contribution in [1.82, 2.24) is 15.0 Å². The van der Waals surface area contributed by atoms with Gasteiger partial charge in [-0.05, 0) is 106 Å². The van der Waals surface area contributed by atoms with Gasteiger partial charge in [0.1, 0.15) is 11.2 Å². The molecule has 0 N–H and O–H groups in total. The topological polar surface area (TPSA) is 51.8 Å². The van der Waals surface area contributed by atoms with Crippen LogP contribution in [-0.4, -0.2) is 15.0 Å². The quantitative estimate of drug-likeness (QED) is 0.184. The zero-order chi connectivity index (χ0) is 36.0. The van der Waals surface area contributed by atoms with Crippen LogP contribution in [0.3, 0.4) is 0 Å². The lowest BCUT2D eigenvalue weighted by atomic mass is 9.93. The van der Waals surface area contributed by atoms with E-state index < -0.39 is 0 Å². The van der Waals surface area contributed by atoms with E-state index in [-0.39, 0.29) is 0 Å². The van der Waals surface area contributed by atoms with Crippen LogP contribution in [0.1, 0.15) is 23.1 Å². The monoisotopic (exact) mass is 693 g/mol. The van der Waals surface area contributed by atoms with Gasteiger partial charge in [0.15, 0.2) is 17.5 Å². The van der Waals surface area contributed by atoms with Gasteiger partial charge in [-0.2, -0.15) is 0 Å². The third-order valence-corrected chi connectivity index (χ3v) is 10.5. The molecule has 0 radical (unpaired) electrons. The van der Waals surface area contributed by atoms with E-state index in [1.54, 1.807) is 0 Å². The predicted octanol–water partition coefficient (Wildman–Crippen LogP) is 13.1. The molecule has 1 aliphatic carbocycles. The summed E-state index contributed by atoms with van der Waals surface area (Å²) in [5.41, 5.74) is 10.2. The minimum atomic E-state index is 0.599. The number of benzene rings is 6. The van der Waals surface area contributed by atoms with Crippen LogP contribution in [0.15, 0.2) is 168 Å². The van der Waals surface area contributed by atoms with Crippen LogP contribution in [0.5, 0.6) is 0 Å². The Kier molecular flexibility index (Phi) is 7.80. The fourth-order valence-electron chi connectivity index (χ4n) is 7.77. The molecule has 0 fully saturated rings. The second kappa shape index (κ2) is 13.3. The van der Waals surface area contributed by atoms with Crippen molar-refractivity contribution >= 4 is 49.6 Å². The summed E-state index contributed by atoms with van der Waals surface area (Å²) in [4.78, 5) is 16.2. The molecule has 54 heavy (non-hydrogen) atoms. The number of nitrogens with zero attached hydrogens (tertiary/aromatic N) is 3.